The Bertz CT molecular complexity index is 741. The Morgan fingerprint density at radius 1 is 1.13 bits per heavy atom. The Hall–Kier alpha value is -2.47. The Morgan fingerprint density at radius 3 is 2.65 bits per heavy atom. The first-order chi connectivity index (χ1) is 11.2. The molecule has 2 N–H and O–H groups in total. The zero-order chi connectivity index (χ0) is 16.1. The van der Waals surface area contributed by atoms with Gasteiger partial charge in [0.15, 0.2) is 0 Å². The average Bonchev–Trinajstić information content (AvgIpc) is 3.06. The van der Waals surface area contributed by atoms with Crippen LogP contribution in [0.3, 0.4) is 0 Å². The molecule has 0 saturated carbocycles. The smallest absolute Gasteiger partial charge is 0.225 e. The van der Waals surface area contributed by atoms with Crippen molar-refractivity contribution in [2.45, 2.75) is 26.4 Å². The third kappa shape index (κ3) is 4.26. The summed E-state index contributed by atoms with van der Waals surface area (Å²) in [5.74, 6) is 1.44. The Labute approximate surface area is 139 Å². The highest BCUT2D eigenvalue weighted by Crippen LogP contribution is 2.22. The Kier molecular flexibility index (Phi) is 4.83. The molecule has 0 fully saturated rings. The van der Waals surface area contributed by atoms with E-state index in [1.54, 1.807) is 23.7 Å². The van der Waals surface area contributed by atoms with Crippen LogP contribution < -0.4 is 10.6 Å². The molecule has 0 bridgehead atoms. The minimum atomic E-state index is 0.271. The van der Waals surface area contributed by atoms with E-state index < -0.39 is 0 Å². The molecule has 3 rings (SSSR count). The molecule has 118 valence electrons. The molecule has 5 nitrogen and oxygen atoms in total. The lowest BCUT2D eigenvalue weighted by Crippen LogP contribution is -2.14. The van der Waals surface area contributed by atoms with Crippen molar-refractivity contribution in [2.75, 3.05) is 10.6 Å². The summed E-state index contributed by atoms with van der Waals surface area (Å²) in [7, 11) is 0. The van der Waals surface area contributed by atoms with Crippen molar-refractivity contribution in [1.29, 1.82) is 0 Å². The number of nitrogens with one attached hydrogen (secondary N) is 2. The third-order valence-corrected chi connectivity index (χ3v) is 4.02. The monoisotopic (exact) mass is 325 g/mol. The van der Waals surface area contributed by atoms with Crippen LogP contribution in [0.4, 0.5) is 11.8 Å². The second-order valence-electron chi connectivity index (χ2n) is 5.43. The van der Waals surface area contributed by atoms with Crippen LogP contribution in [0, 0.1) is 0 Å². The van der Waals surface area contributed by atoms with Crippen molar-refractivity contribution in [3.8, 4) is 11.3 Å². The molecule has 0 aliphatic rings. The van der Waals surface area contributed by atoms with Gasteiger partial charge >= 0.3 is 0 Å². The zero-order valence-corrected chi connectivity index (χ0v) is 14.0. The molecule has 0 unspecified atom stereocenters. The number of aromatic nitrogens is 3. The fourth-order valence-electron chi connectivity index (χ4n) is 2.12. The molecule has 0 saturated heterocycles. The van der Waals surface area contributed by atoms with Crippen LogP contribution in [0.5, 0.6) is 0 Å². The molecule has 6 heteroatoms. The standard InChI is InChI=1S/C17H19N5S/c1-12(2)20-17-21-15(13-5-7-18-8-6-13)10-16(22-17)19-11-14-4-3-9-23-14/h3-10,12H,11H2,1-2H3,(H2,19,20,21,22). The van der Waals surface area contributed by atoms with E-state index in [1.165, 1.54) is 4.88 Å². The highest BCUT2D eigenvalue weighted by atomic mass is 32.1. The molecule has 0 radical (unpaired) electrons. The van der Waals surface area contributed by atoms with E-state index in [0.29, 0.717) is 5.95 Å². The predicted octanol–water partition coefficient (Wildman–Crippen LogP) is 4.03. The maximum atomic E-state index is 4.60. The maximum absolute atomic E-state index is 4.60. The van der Waals surface area contributed by atoms with Gasteiger partial charge in [0.25, 0.3) is 0 Å². The van der Waals surface area contributed by atoms with Crippen LogP contribution >= 0.6 is 11.3 Å². The topological polar surface area (TPSA) is 62.7 Å². The molecule has 3 aromatic rings. The van der Waals surface area contributed by atoms with Crippen LogP contribution in [-0.2, 0) is 6.54 Å². The van der Waals surface area contributed by atoms with Crippen molar-refractivity contribution in [2.24, 2.45) is 0 Å². The second-order valence-corrected chi connectivity index (χ2v) is 6.46. The van der Waals surface area contributed by atoms with Crippen molar-refractivity contribution in [1.82, 2.24) is 15.0 Å². The molecule has 0 amide bonds. The Balaban J connectivity index is 1.88. The largest absolute Gasteiger partial charge is 0.365 e. The minimum absolute atomic E-state index is 0.271. The molecule has 0 aliphatic carbocycles. The van der Waals surface area contributed by atoms with E-state index in [4.69, 9.17) is 0 Å². The number of hydrogen-bond acceptors (Lipinski definition) is 6. The fourth-order valence-corrected chi connectivity index (χ4v) is 2.77. The molecule has 0 aromatic carbocycles. The maximum Gasteiger partial charge on any atom is 0.225 e. The summed E-state index contributed by atoms with van der Waals surface area (Å²) in [6.07, 6.45) is 3.54. The lowest BCUT2D eigenvalue weighted by atomic mass is 10.2. The van der Waals surface area contributed by atoms with E-state index in [2.05, 4.69) is 56.9 Å². The molecule has 0 spiro atoms. The number of thiophene rings is 1. The Morgan fingerprint density at radius 2 is 1.96 bits per heavy atom. The number of nitrogens with zero attached hydrogens (tertiary/aromatic N) is 3. The van der Waals surface area contributed by atoms with Crippen LogP contribution in [0.15, 0.2) is 48.1 Å². The average molecular weight is 325 g/mol. The summed E-state index contributed by atoms with van der Waals surface area (Å²) in [6.45, 7) is 4.90. The fraction of sp³-hybridized carbons (Fsp3) is 0.235. The first-order valence-electron chi connectivity index (χ1n) is 7.53. The van der Waals surface area contributed by atoms with Gasteiger partial charge in [-0.05, 0) is 37.4 Å². The van der Waals surface area contributed by atoms with Gasteiger partial charge in [0.2, 0.25) is 5.95 Å². The van der Waals surface area contributed by atoms with E-state index in [9.17, 15) is 0 Å². The van der Waals surface area contributed by atoms with Crippen LogP contribution in [0.25, 0.3) is 11.3 Å². The van der Waals surface area contributed by atoms with Crippen molar-refractivity contribution < 1.29 is 0 Å². The lowest BCUT2D eigenvalue weighted by molar-refractivity contribution is 0.874. The number of hydrogen-bond donors (Lipinski definition) is 2. The van der Waals surface area contributed by atoms with Gasteiger partial charge in [0, 0.05) is 34.9 Å². The van der Waals surface area contributed by atoms with Gasteiger partial charge in [0.05, 0.1) is 12.2 Å². The molecule has 3 aromatic heterocycles. The quantitative estimate of drug-likeness (QED) is 0.716. The molecule has 0 atom stereocenters. The molecular formula is C17H19N5S. The first kappa shape index (κ1) is 15.4. The predicted molar refractivity (Wildman–Crippen MR) is 95.7 cm³/mol. The molecule has 0 aliphatic heterocycles. The summed E-state index contributed by atoms with van der Waals surface area (Å²) < 4.78 is 0. The minimum Gasteiger partial charge on any atom is -0.365 e. The highest BCUT2D eigenvalue weighted by molar-refractivity contribution is 7.09. The number of anilines is 2. The van der Waals surface area contributed by atoms with Gasteiger partial charge in [-0.3, -0.25) is 4.98 Å². The van der Waals surface area contributed by atoms with E-state index in [1.807, 2.05) is 18.2 Å². The van der Waals surface area contributed by atoms with Gasteiger partial charge in [-0.1, -0.05) is 6.07 Å². The van der Waals surface area contributed by atoms with E-state index >= 15 is 0 Å². The van der Waals surface area contributed by atoms with Gasteiger partial charge in [-0.25, -0.2) is 4.98 Å². The number of rotatable bonds is 6. The van der Waals surface area contributed by atoms with Gasteiger partial charge in [-0.2, -0.15) is 4.98 Å². The van der Waals surface area contributed by atoms with Gasteiger partial charge < -0.3 is 10.6 Å². The molecule has 3 heterocycles. The molecule has 23 heavy (non-hydrogen) atoms. The third-order valence-electron chi connectivity index (χ3n) is 3.14. The zero-order valence-electron chi connectivity index (χ0n) is 13.2. The van der Waals surface area contributed by atoms with Crippen LogP contribution in [0.2, 0.25) is 0 Å². The first-order valence-corrected chi connectivity index (χ1v) is 8.41. The normalized spacial score (nSPS) is 10.7. The van der Waals surface area contributed by atoms with Crippen molar-refractivity contribution in [3.63, 3.8) is 0 Å². The van der Waals surface area contributed by atoms with E-state index in [-0.39, 0.29) is 6.04 Å². The van der Waals surface area contributed by atoms with Gasteiger partial charge in [0.1, 0.15) is 5.82 Å². The van der Waals surface area contributed by atoms with Crippen LogP contribution in [-0.4, -0.2) is 21.0 Å². The van der Waals surface area contributed by atoms with E-state index in [0.717, 1.165) is 23.6 Å². The highest BCUT2D eigenvalue weighted by Gasteiger charge is 2.08. The summed E-state index contributed by atoms with van der Waals surface area (Å²) in [5, 5.41) is 8.72. The molecular weight excluding hydrogens is 306 g/mol. The van der Waals surface area contributed by atoms with Crippen molar-refractivity contribution >= 4 is 23.1 Å². The summed E-state index contributed by atoms with van der Waals surface area (Å²) in [4.78, 5) is 14.5. The number of pyridine rings is 1. The second kappa shape index (κ2) is 7.19. The summed E-state index contributed by atoms with van der Waals surface area (Å²) >= 11 is 1.73. The summed E-state index contributed by atoms with van der Waals surface area (Å²) in [5.41, 5.74) is 1.90. The summed E-state index contributed by atoms with van der Waals surface area (Å²) in [6, 6.07) is 10.3. The lowest BCUT2D eigenvalue weighted by Gasteiger charge is -2.12. The SMILES string of the molecule is CC(C)Nc1nc(NCc2cccs2)cc(-c2ccncc2)n1. The van der Waals surface area contributed by atoms with Gasteiger partial charge in [-0.15, -0.1) is 11.3 Å². The van der Waals surface area contributed by atoms with Crippen molar-refractivity contribution in [3.05, 3.63) is 53.0 Å². The van der Waals surface area contributed by atoms with Crippen LogP contribution in [0.1, 0.15) is 18.7 Å².